The first-order valence-electron chi connectivity index (χ1n) is 9.72. The number of nitrogens with zero attached hydrogens (tertiary/aromatic N) is 3. The third-order valence-corrected chi connectivity index (χ3v) is 5.20. The molecule has 7 nitrogen and oxygen atoms in total. The van der Waals surface area contributed by atoms with Crippen molar-refractivity contribution < 1.29 is 14.3 Å². The number of fused-ring (bicyclic) bond motifs is 1. The zero-order valence-corrected chi connectivity index (χ0v) is 17.1. The SMILES string of the molecule is Cc1cccc(C)c1NC(=O)Cn1ccn2nc(-c3ccc(F)cc3)c(CO)c2c1=O. The highest BCUT2D eigenvalue weighted by Gasteiger charge is 2.19. The molecule has 0 spiro atoms. The molecule has 0 unspecified atom stereocenters. The number of hydrogen-bond donors (Lipinski definition) is 2. The molecule has 2 aromatic heterocycles. The molecule has 0 aliphatic heterocycles. The van der Waals surface area contributed by atoms with Crippen molar-refractivity contribution in [2.75, 3.05) is 5.32 Å². The zero-order valence-electron chi connectivity index (χ0n) is 17.1. The highest BCUT2D eigenvalue weighted by Crippen LogP contribution is 2.25. The van der Waals surface area contributed by atoms with Crippen molar-refractivity contribution in [3.8, 4) is 11.3 Å². The molecule has 0 radical (unpaired) electrons. The Morgan fingerprint density at radius 3 is 2.42 bits per heavy atom. The molecule has 2 N–H and O–H groups in total. The molecule has 4 rings (SSSR count). The fourth-order valence-electron chi connectivity index (χ4n) is 3.61. The standard InChI is InChI=1S/C23H21FN4O3/c1-14-4-3-5-15(2)20(14)25-19(30)12-27-10-11-28-22(23(27)31)18(13-29)21(26-28)16-6-8-17(24)9-7-16/h3-11,29H,12-13H2,1-2H3,(H,25,30). The van der Waals surface area contributed by atoms with Gasteiger partial charge in [-0.3, -0.25) is 9.59 Å². The molecule has 31 heavy (non-hydrogen) atoms. The van der Waals surface area contributed by atoms with Crippen LogP contribution in [-0.4, -0.2) is 25.2 Å². The molecule has 8 heteroatoms. The topological polar surface area (TPSA) is 88.6 Å². The van der Waals surface area contributed by atoms with Gasteiger partial charge in [0.15, 0.2) is 0 Å². The fourth-order valence-corrected chi connectivity index (χ4v) is 3.61. The smallest absolute Gasteiger partial charge is 0.277 e. The van der Waals surface area contributed by atoms with Crippen LogP contribution in [0.1, 0.15) is 16.7 Å². The lowest BCUT2D eigenvalue weighted by atomic mass is 10.1. The number of carbonyl (C=O) groups excluding carboxylic acids is 1. The van der Waals surface area contributed by atoms with E-state index in [1.54, 1.807) is 6.20 Å². The molecule has 4 aromatic rings. The Morgan fingerprint density at radius 1 is 1.10 bits per heavy atom. The lowest BCUT2D eigenvalue weighted by Crippen LogP contribution is -2.29. The summed E-state index contributed by atoms with van der Waals surface area (Å²) in [6.45, 7) is 3.18. The van der Waals surface area contributed by atoms with Gasteiger partial charge in [0.25, 0.3) is 5.56 Å². The second kappa shape index (κ2) is 8.16. The molecule has 0 aliphatic rings. The van der Waals surface area contributed by atoms with E-state index in [1.165, 1.54) is 39.5 Å². The van der Waals surface area contributed by atoms with Gasteiger partial charge >= 0.3 is 0 Å². The lowest BCUT2D eigenvalue weighted by molar-refractivity contribution is -0.116. The molecule has 0 saturated heterocycles. The van der Waals surface area contributed by atoms with Crippen LogP contribution >= 0.6 is 0 Å². The molecule has 2 heterocycles. The van der Waals surface area contributed by atoms with E-state index in [-0.39, 0.29) is 18.0 Å². The summed E-state index contributed by atoms with van der Waals surface area (Å²) in [6, 6.07) is 11.4. The minimum Gasteiger partial charge on any atom is -0.392 e. The Kier molecular flexibility index (Phi) is 5.39. The van der Waals surface area contributed by atoms with E-state index >= 15 is 0 Å². The summed E-state index contributed by atoms with van der Waals surface area (Å²) in [5, 5.41) is 17.2. The number of rotatable bonds is 5. The predicted octanol–water partition coefficient (Wildman–Crippen LogP) is 3.05. The Hall–Kier alpha value is -3.78. The third-order valence-electron chi connectivity index (χ3n) is 5.20. The number of anilines is 1. The fraction of sp³-hybridized carbons (Fsp3) is 0.174. The lowest BCUT2D eigenvalue weighted by Gasteiger charge is -2.12. The van der Waals surface area contributed by atoms with Gasteiger partial charge in [0.2, 0.25) is 5.91 Å². The van der Waals surface area contributed by atoms with Gasteiger partial charge in [0.05, 0.1) is 12.3 Å². The molecule has 0 saturated carbocycles. The Morgan fingerprint density at radius 2 is 1.77 bits per heavy atom. The number of benzene rings is 2. The van der Waals surface area contributed by atoms with Crippen molar-refractivity contribution in [2.45, 2.75) is 27.0 Å². The van der Waals surface area contributed by atoms with Crippen LogP contribution in [0.3, 0.4) is 0 Å². The number of hydrogen-bond acceptors (Lipinski definition) is 4. The van der Waals surface area contributed by atoms with Gasteiger partial charge in [-0.2, -0.15) is 5.10 Å². The number of aryl methyl sites for hydroxylation is 2. The van der Waals surface area contributed by atoms with E-state index in [9.17, 15) is 19.1 Å². The van der Waals surface area contributed by atoms with Crippen molar-refractivity contribution in [3.05, 3.63) is 87.7 Å². The molecule has 0 fully saturated rings. The van der Waals surface area contributed by atoms with Gasteiger partial charge in [-0.05, 0) is 49.2 Å². The summed E-state index contributed by atoms with van der Waals surface area (Å²) in [4.78, 5) is 25.7. The summed E-state index contributed by atoms with van der Waals surface area (Å²) in [5.74, 6) is -0.733. The first-order valence-corrected chi connectivity index (χ1v) is 9.72. The minimum absolute atomic E-state index is 0.171. The maximum atomic E-state index is 13.3. The predicted molar refractivity (Wildman–Crippen MR) is 115 cm³/mol. The Labute approximate surface area is 177 Å². The van der Waals surface area contributed by atoms with E-state index in [4.69, 9.17) is 0 Å². The summed E-state index contributed by atoms with van der Waals surface area (Å²) in [5.41, 5.74) is 3.58. The minimum atomic E-state index is -0.455. The van der Waals surface area contributed by atoms with Crippen LogP contribution in [0.15, 0.2) is 59.7 Å². The second-order valence-electron chi connectivity index (χ2n) is 7.33. The molecule has 0 aliphatic carbocycles. The highest BCUT2D eigenvalue weighted by atomic mass is 19.1. The largest absolute Gasteiger partial charge is 0.392 e. The third kappa shape index (κ3) is 3.85. The van der Waals surface area contributed by atoms with Crippen molar-refractivity contribution in [1.29, 1.82) is 0 Å². The van der Waals surface area contributed by atoms with Crippen molar-refractivity contribution in [1.82, 2.24) is 14.2 Å². The van der Waals surface area contributed by atoms with Crippen LogP contribution in [0, 0.1) is 19.7 Å². The quantitative estimate of drug-likeness (QED) is 0.519. The average Bonchev–Trinajstić information content (AvgIpc) is 3.13. The number of aliphatic hydroxyl groups excluding tert-OH is 1. The van der Waals surface area contributed by atoms with Crippen LogP contribution < -0.4 is 10.9 Å². The van der Waals surface area contributed by atoms with E-state index < -0.39 is 18.0 Å². The normalized spacial score (nSPS) is 11.1. The average molecular weight is 420 g/mol. The van der Waals surface area contributed by atoms with Crippen molar-refractivity contribution in [2.24, 2.45) is 0 Å². The van der Waals surface area contributed by atoms with Crippen molar-refractivity contribution >= 4 is 17.1 Å². The number of amides is 1. The first kappa shape index (κ1) is 20.5. The number of carbonyl (C=O) groups is 1. The van der Waals surface area contributed by atoms with Gasteiger partial charge in [0.1, 0.15) is 17.9 Å². The van der Waals surface area contributed by atoms with Crippen LogP contribution in [0.25, 0.3) is 16.8 Å². The molecule has 0 bridgehead atoms. The number of nitrogens with one attached hydrogen (secondary N) is 1. The van der Waals surface area contributed by atoms with Crippen molar-refractivity contribution in [3.63, 3.8) is 0 Å². The summed E-state index contributed by atoms with van der Waals surface area (Å²) in [6.07, 6.45) is 3.03. The zero-order chi connectivity index (χ0) is 22.1. The van der Waals surface area contributed by atoms with Gasteiger partial charge in [0, 0.05) is 29.2 Å². The molecule has 0 atom stereocenters. The number of aromatic nitrogens is 3. The van der Waals surface area contributed by atoms with E-state index in [1.807, 2.05) is 32.0 Å². The highest BCUT2D eigenvalue weighted by molar-refractivity contribution is 5.92. The monoisotopic (exact) mass is 420 g/mol. The summed E-state index contributed by atoms with van der Waals surface area (Å²) >= 11 is 0. The van der Waals surface area contributed by atoms with Crippen LogP contribution in [-0.2, 0) is 17.9 Å². The molecule has 158 valence electrons. The Balaban J connectivity index is 1.70. The van der Waals surface area contributed by atoms with Gasteiger partial charge < -0.3 is 15.0 Å². The van der Waals surface area contributed by atoms with Gasteiger partial charge in [-0.1, -0.05) is 18.2 Å². The van der Waals surface area contributed by atoms with Crippen LogP contribution in [0.2, 0.25) is 0 Å². The number of halogens is 1. The second-order valence-corrected chi connectivity index (χ2v) is 7.33. The summed E-state index contributed by atoms with van der Waals surface area (Å²) in [7, 11) is 0. The Bertz CT molecular complexity index is 1320. The molecule has 1 amide bonds. The number of aliphatic hydroxyl groups is 1. The van der Waals surface area contributed by atoms with E-state index in [2.05, 4.69) is 10.4 Å². The molecule has 2 aromatic carbocycles. The summed E-state index contributed by atoms with van der Waals surface area (Å²) < 4.78 is 15.9. The maximum Gasteiger partial charge on any atom is 0.277 e. The van der Waals surface area contributed by atoms with Crippen LogP contribution in [0.5, 0.6) is 0 Å². The number of para-hydroxylation sites is 1. The molecular formula is C23H21FN4O3. The van der Waals surface area contributed by atoms with E-state index in [0.29, 0.717) is 16.8 Å². The first-order chi connectivity index (χ1) is 14.9. The van der Waals surface area contributed by atoms with Gasteiger partial charge in [-0.15, -0.1) is 0 Å². The van der Waals surface area contributed by atoms with E-state index in [0.717, 1.165) is 16.8 Å². The van der Waals surface area contributed by atoms with Crippen LogP contribution in [0.4, 0.5) is 10.1 Å². The maximum absolute atomic E-state index is 13.3. The molecular weight excluding hydrogens is 399 g/mol. The van der Waals surface area contributed by atoms with Gasteiger partial charge in [-0.25, -0.2) is 8.91 Å².